The van der Waals surface area contributed by atoms with Gasteiger partial charge in [-0.3, -0.25) is 4.68 Å². The first-order chi connectivity index (χ1) is 9.42. The van der Waals surface area contributed by atoms with Crippen molar-refractivity contribution < 1.29 is 13.9 Å². The van der Waals surface area contributed by atoms with Gasteiger partial charge in [0, 0.05) is 12.7 Å². The maximum atomic E-state index is 13.9. The molecular weight excluding hydrogens is 281 g/mol. The molecule has 1 heterocycles. The Kier molecular flexibility index (Phi) is 3.99. The number of nitrogens with zero attached hydrogens (tertiary/aromatic N) is 2. The quantitative estimate of drug-likeness (QED) is 0.695. The fourth-order valence-corrected chi connectivity index (χ4v) is 2.69. The minimum atomic E-state index is -0.592. The van der Waals surface area contributed by atoms with Gasteiger partial charge in [0.2, 0.25) is 0 Å². The summed E-state index contributed by atoms with van der Waals surface area (Å²) in [5.74, 6) is -1.08. The summed E-state index contributed by atoms with van der Waals surface area (Å²) in [4.78, 5) is 11.9. The first-order valence-corrected chi connectivity index (χ1v) is 6.60. The number of nitrogens with two attached hydrogens (primary N) is 1. The molecule has 0 bridgehead atoms. The number of carbonyl (C=O) groups is 1. The number of carbonyl (C=O) groups excluding carboxylic acids is 1. The number of benzene rings is 1. The highest BCUT2D eigenvalue weighted by molar-refractivity contribution is 7.99. The molecule has 0 aliphatic heterocycles. The average Bonchev–Trinajstić information content (AvgIpc) is 2.70. The van der Waals surface area contributed by atoms with Crippen LogP contribution in [-0.2, 0) is 11.8 Å². The van der Waals surface area contributed by atoms with Gasteiger partial charge in [-0.15, -0.1) is 0 Å². The van der Waals surface area contributed by atoms with Crippen LogP contribution in [0.3, 0.4) is 0 Å². The van der Waals surface area contributed by atoms with Gasteiger partial charge < -0.3 is 10.5 Å². The summed E-state index contributed by atoms with van der Waals surface area (Å²) in [6.45, 7) is 1.85. The van der Waals surface area contributed by atoms with Crippen molar-refractivity contribution in [3.8, 4) is 0 Å². The zero-order valence-electron chi connectivity index (χ0n) is 11.3. The lowest BCUT2D eigenvalue weighted by atomic mass is 10.2. The molecule has 0 radical (unpaired) electrons. The maximum Gasteiger partial charge on any atom is 0.339 e. The lowest BCUT2D eigenvalue weighted by Gasteiger charge is -2.08. The van der Waals surface area contributed by atoms with E-state index in [1.807, 2.05) is 13.0 Å². The van der Waals surface area contributed by atoms with Crippen molar-refractivity contribution >= 4 is 23.4 Å². The van der Waals surface area contributed by atoms with Crippen LogP contribution in [0, 0.1) is 12.7 Å². The zero-order valence-corrected chi connectivity index (χ0v) is 12.1. The van der Waals surface area contributed by atoms with Crippen molar-refractivity contribution in [2.24, 2.45) is 7.05 Å². The lowest BCUT2D eigenvalue weighted by molar-refractivity contribution is 0.0601. The highest BCUT2D eigenvalue weighted by atomic mass is 32.2. The van der Waals surface area contributed by atoms with Crippen molar-refractivity contribution in [1.29, 1.82) is 0 Å². The van der Waals surface area contributed by atoms with E-state index < -0.39 is 11.8 Å². The molecule has 2 rings (SSSR count). The second kappa shape index (κ2) is 5.54. The fourth-order valence-electron chi connectivity index (χ4n) is 1.73. The fraction of sp³-hybridized carbons (Fsp3) is 0.231. The molecule has 0 aliphatic rings. The Morgan fingerprint density at radius 3 is 2.70 bits per heavy atom. The summed E-state index contributed by atoms with van der Waals surface area (Å²) < 4.78 is 20.2. The Bertz CT molecular complexity index is 670. The summed E-state index contributed by atoms with van der Waals surface area (Å²) in [5.41, 5.74) is 6.66. The molecule has 2 aromatic rings. The van der Waals surface area contributed by atoms with Gasteiger partial charge in [0.1, 0.15) is 5.82 Å². The van der Waals surface area contributed by atoms with Crippen molar-refractivity contribution in [3.63, 3.8) is 0 Å². The third-order valence-corrected chi connectivity index (χ3v) is 3.81. The van der Waals surface area contributed by atoms with E-state index in [1.54, 1.807) is 11.7 Å². The van der Waals surface area contributed by atoms with E-state index in [4.69, 9.17) is 5.73 Å². The van der Waals surface area contributed by atoms with Crippen molar-refractivity contribution in [1.82, 2.24) is 9.78 Å². The summed E-state index contributed by atoms with van der Waals surface area (Å²) in [6, 6.07) is 4.35. The zero-order chi connectivity index (χ0) is 14.9. The van der Waals surface area contributed by atoms with Gasteiger partial charge in [-0.2, -0.15) is 5.10 Å². The van der Waals surface area contributed by atoms with Gasteiger partial charge in [-0.1, -0.05) is 11.8 Å². The number of aryl methyl sites for hydroxylation is 2. The number of anilines is 1. The molecule has 0 fully saturated rings. The predicted molar refractivity (Wildman–Crippen MR) is 74.2 cm³/mol. The molecule has 5 nitrogen and oxygen atoms in total. The first kappa shape index (κ1) is 14.4. The van der Waals surface area contributed by atoms with E-state index in [9.17, 15) is 9.18 Å². The van der Waals surface area contributed by atoms with Crippen LogP contribution < -0.4 is 5.73 Å². The van der Waals surface area contributed by atoms with E-state index in [2.05, 4.69) is 9.84 Å². The highest BCUT2D eigenvalue weighted by Crippen LogP contribution is 2.32. The number of aromatic nitrogens is 2. The smallest absolute Gasteiger partial charge is 0.339 e. The van der Waals surface area contributed by atoms with Crippen LogP contribution in [0.4, 0.5) is 10.1 Å². The summed E-state index contributed by atoms with van der Waals surface area (Å²) >= 11 is 1.17. The number of hydrogen-bond donors (Lipinski definition) is 1. The summed E-state index contributed by atoms with van der Waals surface area (Å²) in [5, 5.41) is 4.95. The Balaban J connectivity index is 2.41. The third-order valence-electron chi connectivity index (χ3n) is 2.68. The molecule has 2 N–H and O–H groups in total. The van der Waals surface area contributed by atoms with Gasteiger partial charge in [-0.05, 0) is 25.1 Å². The molecule has 0 amide bonds. The normalized spacial score (nSPS) is 10.6. The molecule has 1 aromatic carbocycles. The second-order valence-corrected chi connectivity index (χ2v) is 5.27. The minimum Gasteiger partial charge on any atom is -0.465 e. The van der Waals surface area contributed by atoms with E-state index >= 15 is 0 Å². The topological polar surface area (TPSA) is 70.1 Å². The number of esters is 1. The molecular formula is C13H14FN3O2S. The van der Waals surface area contributed by atoms with Gasteiger partial charge in [-0.25, -0.2) is 9.18 Å². The van der Waals surface area contributed by atoms with Gasteiger partial charge in [0.15, 0.2) is 0 Å². The number of halogens is 1. The first-order valence-electron chi connectivity index (χ1n) is 5.78. The van der Waals surface area contributed by atoms with Gasteiger partial charge in [0.05, 0.1) is 28.3 Å². The highest BCUT2D eigenvalue weighted by Gasteiger charge is 2.16. The predicted octanol–water partition coefficient (Wildman–Crippen LogP) is 2.39. The molecule has 0 aliphatic carbocycles. The SMILES string of the molecule is COC(=O)c1cc(Sc2cc(C)nn2C)c(F)cc1N. The minimum absolute atomic E-state index is 0.0555. The number of ether oxygens (including phenoxy) is 1. The largest absolute Gasteiger partial charge is 0.465 e. The van der Waals surface area contributed by atoms with Crippen molar-refractivity contribution in [2.75, 3.05) is 12.8 Å². The van der Waals surface area contributed by atoms with Crippen LogP contribution in [0.25, 0.3) is 0 Å². The Morgan fingerprint density at radius 2 is 2.15 bits per heavy atom. The van der Waals surface area contributed by atoms with Crippen LogP contribution in [0.5, 0.6) is 0 Å². The Morgan fingerprint density at radius 1 is 1.45 bits per heavy atom. The second-order valence-electron chi connectivity index (χ2n) is 4.21. The molecule has 0 spiro atoms. The molecule has 0 atom stereocenters. The number of hydrogen-bond acceptors (Lipinski definition) is 5. The summed E-state index contributed by atoms with van der Waals surface area (Å²) in [7, 11) is 3.02. The maximum absolute atomic E-state index is 13.9. The Hall–Kier alpha value is -2.02. The number of methoxy groups -OCH3 is 1. The standard InChI is InChI=1S/C13H14FN3O2S/c1-7-4-12(17(2)16-7)20-11-5-8(13(18)19-3)10(15)6-9(11)14/h4-6H,15H2,1-3H3. The molecule has 106 valence electrons. The molecule has 0 unspecified atom stereocenters. The van der Waals surface area contributed by atoms with Gasteiger partial charge >= 0.3 is 5.97 Å². The Labute approximate surface area is 119 Å². The number of rotatable bonds is 3. The van der Waals surface area contributed by atoms with E-state index in [0.29, 0.717) is 4.90 Å². The summed E-state index contributed by atoms with van der Waals surface area (Å²) in [6.07, 6.45) is 0. The van der Waals surface area contributed by atoms with Crippen molar-refractivity contribution in [2.45, 2.75) is 16.8 Å². The van der Waals surface area contributed by atoms with E-state index in [0.717, 1.165) is 16.8 Å². The van der Waals surface area contributed by atoms with Crippen LogP contribution >= 0.6 is 11.8 Å². The third kappa shape index (κ3) is 2.77. The van der Waals surface area contributed by atoms with Crippen LogP contribution in [-0.4, -0.2) is 22.9 Å². The molecule has 1 aromatic heterocycles. The van der Waals surface area contributed by atoms with Crippen LogP contribution in [0.15, 0.2) is 28.1 Å². The molecule has 0 saturated heterocycles. The lowest BCUT2D eigenvalue weighted by Crippen LogP contribution is -2.06. The number of nitrogen functional groups attached to an aromatic ring is 1. The monoisotopic (exact) mass is 295 g/mol. The van der Waals surface area contributed by atoms with Gasteiger partial charge in [0.25, 0.3) is 0 Å². The van der Waals surface area contributed by atoms with E-state index in [-0.39, 0.29) is 11.3 Å². The van der Waals surface area contributed by atoms with E-state index in [1.165, 1.54) is 24.9 Å². The van der Waals surface area contributed by atoms with Crippen LogP contribution in [0.1, 0.15) is 16.1 Å². The molecule has 0 saturated carbocycles. The average molecular weight is 295 g/mol. The molecule has 20 heavy (non-hydrogen) atoms. The van der Waals surface area contributed by atoms with Crippen molar-refractivity contribution in [3.05, 3.63) is 35.3 Å². The molecule has 7 heteroatoms. The van der Waals surface area contributed by atoms with Crippen LogP contribution in [0.2, 0.25) is 0 Å².